The molecule has 2 atom stereocenters. The number of carbonyl (C=O) groups is 1. The third kappa shape index (κ3) is 6.34. The van der Waals surface area contributed by atoms with Crippen molar-refractivity contribution in [2.45, 2.75) is 70.7 Å². The standard InChI is InChI=1S/C32H36O7.Na/c1-19-13-25(37-12-9-23(34)17-33)14-20(2)31(19)26-6-4-5-22(21(26)3)18-38-24-7-8-27-28(16-30(35)36)32(10-11-32)39-29(27)15-24;/h4-8,13-15,23,28,33-34H,9-12,16-18H2,1-3H3,(H,35,36);/q;+1/p-1/t23-,28-;/m0./s1. The molecule has 2 aliphatic rings. The van der Waals surface area contributed by atoms with Gasteiger partial charge in [0.05, 0.1) is 19.3 Å². The zero-order valence-corrected chi connectivity index (χ0v) is 25.7. The maximum absolute atomic E-state index is 11.3. The third-order valence-electron chi connectivity index (χ3n) is 7.97. The molecule has 0 unspecified atom stereocenters. The fourth-order valence-corrected chi connectivity index (χ4v) is 5.70. The fourth-order valence-electron chi connectivity index (χ4n) is 5.70. The topological polar surface area (TPSA) is 108 Å². The smallest absolute Gasteiger partial charge is 0.550 e. The largest absolute Gasteiger partial charge is 1.00 e. The number of fused-ring (bicyclic) bond motifs is 1. The minimum Gasteiger partial charge on any atom is -0.550 e. The van der Waals surface area contributed by atoms with Crippen LogP contribution in [0.2, 0.25) is 0 Å². The van der Waals surface area contributed by atoms with E-state index in [9.17, 15) is 15.0 Å². The van der Waals surface area contributed by atoms with Gasteiger partial charge in [0, 0.05) is 29.9 Å². The van der Waals surface area contributed by atoms with E-state index in [-0.39, 0.29) is 54.1 Å². The molecule has 1 spiro atoms. The van der Waals surface area contributed by atoms with Gasteiger partial charge in [0.1, 0.15) is 29.5 Å². The summed E-state index contributed by atoms with van der Waals surface area (Å²) in [6.07, 6.45) is 1.29. The third-order valence-corrected chi connectivity index (χ3v) is 7.97. The van der Waals surface area contributed by atoms with Crippen LogP contribution >= 0.6 is 0 Å². The Morgan fingerprint density at radius 2 is 1.80 bits per heavy atom. The SMILES string of the molecule is Cc1cc(OCC[C@H](O)CO)cc(C)c1-c1cccc(COc2ccc3c(c2)OC2(CC2)[C@H]3CC(=O)[O-])c1C.[Na+]. The molecule has 3 aromatic rings. The van der Waals surface area contributed by atoms with E-state index >= 15 is 0 Å². The van der Waals surface area contributed by atoms with Gasteiger partial charge in [-0.15, -0.1) is 0 Å². The number of rotatable bonds is 11. The number of carboxylic acid groups (broad SMARTS) is 1. The molecule has 7 nitrogen and oxygen atoms in total. The van der Waals surface area contributed by atoms with Gasteiger partial charge in [0.15, 0.2) is 0 Å². The Kier molecular flexibility index (Phi) is 9.53. The molecule has 8 heteroatoms. The van der Waals surface area contributed by atoms with Crippen molar-refractivity contribution in [3.63, 3.8) is 0 Å². The first-order valence-electron chi connectivity index (χ1n) is 13.5. The molecule has 3 aromatic carbocycles. The quantitative estimate of drug-likeness (QED) is 0.342. The molecule has 1 fully saturated rings. The summed E-state index contributed by atoms with van der Waals surface area (Å²) in [5.74, 6) is 0.916. The van der Waals surface area contributed by atoms with Crippen molar-refractivity contribution in [2.24, 2.45) is 0 Å². The number of carboxylic acids is 1. The van der Waals surface area contributed by atoms with Crippen LogP contribution in [0.5, 0.6) is 17.2 Å². The monoisotopic (exact) mass is 554 g/mol. The number of aliphatic hydroxyl groups is 2. The van der Waals surface area contributed by atoms with Gasteiger partial charge in [-0.1, -0.05) is 24.3 Å². The summed E-state index contributed by atoms with van der Waals surface area (Å²) in [6.45, 7) is 6.67. The fraction of sp³-hybridized carbons (Fsp3) is 0.406. The van der Waals surface area contributed by atoms with Crippen LogP contribution in [0.25, 0.3) is 11.1 Å². The number of hydrogen-bond donors (Lipinski definition) is 2. The number of ether oxygens (including phenoxy) is 3. The zero-order valence-electron chi connectivity index (χ0n) is 23.7. The molecule has 0 saturated heterocycles. The summed E-state index contributed by atoms with van der Waals surface area (Å²) < 4.78 is 18.2. The van der Waals surface area contributed by atoms with Gasteiger partial charge in [-0.25, -0.2) is 0 Å². The Morgan fingerprint density at radius 1 is 1.07 bits per heavy atom. The van der Waals surface area contributed by atoms with Crippen LogP contribution in [0.1, 0.15) is 59.4 Å². The predicted molar refractivity (Wildman–Crippen MR) is 145 cm³/mol. The van der Waals surface area contributed by atoms with Crippen LogP contribution < -0.4 is 48.9 Å². The van der Waals surface area contributed by atoms with Crippen molar-refractivity contribution in [2.75, 3.05) is 13.2 Å². The van der Waals surface area contributed by atoms with Gasteiger partial charge < -0.3 is 34.3 Å². The van der Waals surface area contributed by atoms with Crippen molar-refractivity contribution in [3.8, 4) is 28.4 Å². The number of benzene rings is 3. The molecular weight excluding hydrogens is 519 g/mol. The molecule has 0 radical (unpaired) electrons. The normalized spacial score (nSPS) is 17.0. The molecule has 0 aromatic heterocycles. The molecule has 0 bridgehead atoms. The van der Waals surface area contributed by atoms with Crippen LogP contribution in [0, 0.1) is 20.8 Å². The summed E-state index contributed by atoms with van der Waals surface area (Å²) in [5, 5.41) is 29.8. The number of aryl methyl sites for hydroxylation is 2. The van der Waals surface area contributed by atoms with Gasteiger partial charge in [0.2, 0.25) is 0 Å². The van der Waals surface area contributed by atoms with E-state index in [0.29, 0.717) is 31.1 Å². The molecule has 40 heavy (non-hydrogen) atoms. The van der Waals surface area contributed by atoms with E-state index < -0.39 is 12.1 Å². The van der Waals surface area contributed by atoms with Crippen molar-refractivity contribution < 1.29 is 63.9 Å². The van der Waals surface area contributed by atoms with Crippen molar-refractivity contribution in [1.29, 1.82) is 0 Å². The molecule has 0 amide bonds. The van der Waals surface area contributed by atoms with E-state index in [1.54, 1.807) is 0 Å². The van der Waals surface area contributed by atoms with Gasteiger partial charge in [-0.3, -0.25) is 0 Å². The minimum atomic E-state index is -1.05. The second kappa shape index (κ2) is 12.5. The van der Waals surface area contributed by atoms with Crippen LogP contribution in [0.4, 0.5) is 0 Å². The predicted octanol–water partition coefficient (Wildman–Crippen LogP) is 1.13. The first-order valence-corrected chi connectivity index (χ1v) is 13.5. The Balaban J connectivity index is 0.00000370. The zero-order chi connectivity index (χ0) is 27.7. The number of hydrogen-bond acceptors (Lipinski definition) is 7. The van der Waals surface area contributed by atoms with Crippen molar-refractivity contribution >= 4 is 5.97 Å². The average Bonchev–Trinajstić information content (AvgIpc) is 3.61. The molecular formula is C32H35NaO7. The number of carbonyl (C=O) groups excluding carboxylic acids is 1. The number of aliphatic hydroxyl groups excluding tert-OH is 2. The first kappa shape index (κ1) is 30.4. The molecule has 1 aliphatic carbocycles. The molecule has 1 saturated carbocycles. The summed E-state index contributed by atoms with van der Waals surface area (Å²) in [4.78, 5) is 11.3. The maximum atomic E-state index is 11.3. The van der Waals surface area contributed by atoms with Crippen molar-refractivity contribution in [3.05, 3.63) is 76.3 Å². The van der Waals surface area contributed by atoms with Crippen LogP contribution in [0.3, 0.4) is 0 Å². The first-order chi connectivity index (χ1) is 18.7. The van der Waals surface area contributed by atoms with E-state index in [4.69, 9.17) is 19.3 Å². The average molecular weight is 555 g/mol. The Bertz CT molecular complexity index is 1360. The van der Waals surface area contributed by atoms with E-state index in [1.165, 1.54) is 0 Å². The summed E-state index contributed by atoms with van der Waals surface area (Å²) in [6, 6.07) is 15.9. The van der Waals surface area contributed by atoms with E-state index in [0.717, 1.165) is 57.5 Å². The minimum absolute atomic E-state index is 0. The summed E-state index contributed by atoms with van der Waals surface area (Å²) in [7, 11) is 0. The Hall–Kier alpha value is -2.55. The summed E-state index contributed by atoms with van der Waals surface area (Å²) >= 11 is 0. The molecule has 2 N–H and O–H groups in total. The second-order valence-corrected chi connectivity index (χ2v) is 10.8. The van der Waals surface area contributed by atoms with Gasteiger partial charge in [-0.05, 0) is 91.6 Å². The second-order valence-electron chi connectivity index (χ2n) is 10.8. The van der Waals surface area contributed by atoms with Gasteiger partial charge in [0.25, 0.3) is 0 Å². The van der Waals surface area contributed by atoms with Crippen LogP contribution in [0.15, 0.2) is 48.5 Å². The Morgan fingerprint density at radius 3 is 2.45 bits per heavy atom. The molecule has 5 rings (SSSR count). The van der Waals surface area contributed by atoms with Gasteiger partial charge >= 0.3 is 29.6 Å². The Labute approximate surface area is 257 Å². The molecule has 1 heterocycles. The molecule has 1 aliphatic heterocycles. The van der Waals surface area contributed by atoms with Crippen LogP contribution in [-0.4, -0.2) is 41.1 Å². The van der Waals surface area contributed by atoms with E-state index in [1.807, 2.05) is 36.4 Å². The molecule has 206 valence electrons. The van der Waals surface area contributed by atoms with Crippen LogP contribution in [-0.2, 0) is 11.4 Å². The van der Waals surface area contributed by atoms with Gasteiger partial charge in [-0.2, -0.15) is 0 Å². The maximum Gasteiger partial charge on any atom is 1.00 e. The number of aliphatic carboxylic acids is 1. The van der Waals surface area contributed by atoms with E-state index in [2.05, 4.69) is 32.9 Å². The summed E-state index contributed by atoms with van der Waals surface area (Å²) in [5.41, 5.74) is 7.19. The van der Waals surface area contributed by atoms with Crippen molar-refractivity contribution in [1.82, 2.24) is 0 Å².